The highest BCUT2D eigenvalue weighted by molar-refractivity contribution is 5.46. The lowest BCUT2D eigenvalue weighted by Crippen LogP contribution is -2.01. The number of aliphatic hydroxyl groups is 2. The lowest BCUT2D eigenvalue weighted by molar-refractivity contribution is 0.285. The number of aryl methyl sites for hydroxylation is 2. The van der Waals surface area contributed by atoms with Crippen LogP contribution in [-0.2, 0) is 26.1 Å². The van der Waals surface area contributed by atoms with Crippen LogP contribution in [0.5, 0.6) is 11.5 Å². The molecule has 0 fully saturated rings. The Kier molecular flexibility index (Phi) is 15.4. The van der Waals surface area contributed by atoms with E-state index in [1.165, 1.54) is 11.1 Å². The van der Waals surface area contributed by atoms with Crippen LogP contribution in [0.15, 0.2) is 97.1 Å². The molecule has 0 spiro atoms. The van der Waals surface area contributed by atoms with Gasteiger partial charge in [0.2, 0.25) is 0 Å². The second kappa shape index (κ2) is 20.5. The third-order valence-electron chi connectivity index (χ3n) is 7.62. The minimum absolute atomic E-state index is 0.211. The molecule has 0 unspecified atom stereocenters. The minimum atomic E-state index is 0.211. The maximum Gasteiger partial charge on any atom is 0.123 e. The summed E-state index contributed by atoms with van der Waals surface area (Å²) >= 11 is 0. The first-order valence-electron chi connectivity index (χ1n) is 16.5. The number of unbranched alkanes of at least 4 members (excludes halogenated alkanes) is 5. The Hall–Kier alpha value is -4.48. The standard InChI is InChI=1S/C42H46O4/c43-29-15-3-1-7-17-35-25-27-41(45-33-37-19-9-5-10-20-37)39(31-35)23-13-14-24-40-32-36(18-8-2-4-16-30-44)26-28-42(40)46-34-38-21-11-6-12-22-38/h5-6,9-12,19-22,25-28,31-32,43-44H,1-4,13-16,23-24,29-30,33-34H2. The van der Waals surface area contributed by atoms with Gasteiger partial charge in [0.15, 0.2) is 0 Å². The van der Waals surface area contributed by atoms with E-state index in [-0.39, 0.29) is 13.2 Å². The van der Waals surface area contributed by atoms with Gasteiger partial charge in [0.1, 0.15) is 24.7 Å². The molecule has 4 aromatic rings. The second-order valence-electron chi connectivity index (χ2n) is 11.4. The molecule has 0 aliphatic carbocycles. The molecule has 0 aromatic heterocycles. The fourth-order valence-corrected chi connectivity index (χ4v) is 5.07. The van der Waals surface area contributed by atoms with Gasteiger partial charge in [-0.05, 0) is 110 Å². The molecule has 46 heavy (non-hydrogen) atoms. The Morgan fingerprint density at radius 1 is 0.478 bits per heavy atom. The number of rotatable bonds is 17. The number of benzene rings is 4. The fourth-order valence-electron chi connectivity index (χ4n) is 5.07. The number of hydrogen-bond acceptors (Lipinski definition) is 4. The molecular formula is C42H46O4. The van der Waals surface area contributed by atoms with Crippen LogP contribution in [-0.4, -0.2) is 23.4 Å². The highest BCUT2D eigenvalue weighted by Crippen LogP contribution is 2.26. The van der Waals surface area contributed by atoms with Crippen molar-refractivity contribution >= 4 is 0 Å². The lowest BCUT2D eigenvalue weighted by Gasteiger charge is -2.14. The summed E-state index contributed by atoms with van der Waals surface area (Å²) in [6.07, 6.45) is 8.69. The van der Waals surface area contributed by atoms with Gasteiger partial charge in [-0.1, -0.05) is 84.3 Å². The first-order chi connectivity index (χ1) is 22.7. The van der Waals surface area contributed by atoms with Crippen molar-refractivity contribution in [3.05, 3.63) is 130 Å². The zero-order valence-electron chi connectivity index (χ0n) is 26.8. The molecule has 2 N–H and O–H groups in total. The van der Waals surface area contributed by atoms with Gasteiger partial charge < -0.3 is 19.7 Å². The highest BCUT2D eigenvalue weighted by atomic mass is 16.5. The molecule has 0 aliphatic heterocycles. The largest absolute Gasteiger partial charge is 0.489 e. The van der Waals surface area contributed by atoms with Gasteiger partial charge in [-0.15, -0.1) is 0 Å². The Morgan fingerprint density at radius 3 is 1.33 bits per heavy atom. The molecule has 0 saturated heterocycles. The Balaban J connectivity index is 1.43. The van der Waals surface area contributed by atoms with E-state index in [0.29, 0.717) is 13.2 Å². The molecule has 0 saturated carbocycles. The van der Waals surface area contributed by atoms with Gasteiger partial charge in [0.05, 0.1) is 0 Å². The van der Waals surface area contributed by atoms with E-state index in [4.69, 9.17) is 19.7 Å². The number of aliphatic hydroxyl groups excluding tert-OH is 2. The van der Waals surface area contributed by atoms with E-state index >= 15 is 0 Å². The van der Waals surface area contributed by atoms with Crippen LogP contribution >= 0.6 is 0 Å². The zero-order valence-corrected chi connectivity index (χ0v) is 26.8. The van der Waals surface area contributed by atoms with Gasteiger partial charge >= 0.3 is 0 Å². The molecule has 0 bridgehead atoms. The van der Waals surface area contributed by atoms with Gasteiger partial charge in [0, 0.05) is 37.2 Å². The summed E-state index contributed by atoms with van der Waals surface area (Å²) in [6, 6.07) is 33.0. The van der Waals surface area contributed by atoms with Crippen molar-refractivity contribution in [1.29, 1.82) is 0 Å². The topological polar surface area (TPSA) is 58.9 Å². The summed E-state index contributed by atoms with van der Waals surface area (Å²) in [5.74, 6) is 14.9. The van der Waals surface area contributed by atoms with Gasteiger partial charge in [-0.25, -0.2) is 0 Å². The van der Waals surface area contributed by atoms with Crippen molar-refractivity contribution < 1.29 is 19.7 Å². The smallest absolute Gasteiger partial charge is 0.123 e. The molecular weight excluding hydrogens is 568 g/mol. The minimum Gasteiger partial charge on any atom is -0.489 e. The third-order valence-corrected chi connectivity index (χ3v) is 7.62. The normalized spacial score (nSPS) is 10.4. The van der Waals surface area contributed by atoms with Crippen molar-refractivity contribution in [1.82, 2.24) is 0 Å². The van der Waals surface area contributed by atoms with Crippen LogP contribution in [0, 0.1) is 23.7 Å². The van der Waals surface area contributed by atoms with Crippen molar-refractivity contribution in [2.45, 2.75) is 77.4 Å². The highest BCUT2D eigenvalue weighted by Gasteiger charge is 2.09. The van der Waals surface area contributed by atoms with Crippen molar-refractivity contribution in [2.75, 3.05) is 13.2 Å². The van der Waals surface area contributed by atoms with Crippen molar-refractivity contribution in [2.24, 2.45) is 0 Å². The number of hydrogen-bond donors (Lipinski definition) is 2. The molecule has 4 rings (SSSR count). The summed E-state index contributed by atoms with van der Waals surface area (Å²) in [6.45, 7) is 1.47. The molecule has 0 heterocycles. The summed E-state index contributed by atoms with van der Waals surface area (Å²) in [5.41, 5.74) is 6.60. The molecule has 0 atom stereocenters. The van der Waals surface area contributed by atoms with Crippen molar-refractivity contribution in [3.63, 3.8) is 0 Å². The van der Waals surface area contributed by atoms with Crippen LogP contribution in [0.2, 0.25) is 0 Å². The monoisotopic (exact) mass is 614 g/mol. The molecule has 238 valence electrons. The fraction of sp³-hybridized carbons (Fsp3) is 0.333. The van der Waals surface area contributed by atoms with E-state index in [9.17, 15) is 0 Å². The van der Waals surface area contributed by atoms with Crippen LogP contribution in [0.3, 0.4) is 0 Å². The Bertz CT molecular complexity index is 1450. The number of ether oxygens (including phenoxy) is 2. The Morgan fingerprint density at radius 2 is 0.913 bits per heavy atom. The first kappa shape index (κ1) is 34.4. The van der Waals surface area contributed by atoms with E-state index in [0.717, 1.165) is 98.0 Å². The average Bonchev–Trinajstić information content (AvgIpc) is 3.10. The molecule has 4 aromatic carbocycles. The average molecular weight is 615 g/mol. The van der Waals surface area contributed by atoms with Crippen molar-refractivity contribution in [3.8, 4) is 35.2 Å². The van der Waals surface area contributed by atoms with Crippen LogP contribution in [0.4, 0.5) is 0 Å². The maximum absolute atomic E-state index is 9.04. The van der Waals surface area contributed by atoms with Crippen LogP contribution in [0.25, 0.3) is 0 Å². The molecule has 4 heteroatoms. The SMILES string of the molecule is OCCCCC#Cc1ccc(OCc2ccccc2)c(CCCCc2cc(C#CCCCCO)ccc2OCc2ccccc2)c1. The molecule has 0 amide bonds. The lowest BCUT2D eigenvalue weighted by atomic mass is 9.99. The van der Waals surface area contributed by atoms with Gasteiger partial charge in [0.25, 0.3) is 0 Å². The van der Waals surface area contributed by atoms with E-state index in [1.807, 2.05) is 60.7 Å². The van der Waals surface area contributed by atoms with Gasteiger partial charge in [-0.2, -0.15) is 0 Å². The van der Waals surface area contributed by atoms with Crippen LogP contribution in [0.1, 0.15) is 84.7 Å². The third kappa shape index (κ3) is 12.5. The quantitative estimate of drug-likeness (QED) is 0.0926. The summed E-state index contributed by atoms with van der Waals surface area (Å²) in [7, 11) is 0. The summed E-state index contributed by atoms with van der Waals surface area (Å²) in [5, 5.41) is 18.1. The maximum atomic E-state index is 9.04. The first-order valence-corrected chi connectivity index (χ1v) is 16.5. The summed E-state index contributed by atoms with van der Waals surface area (Å²) in [4.78, 5) is 0. The predicted molar refractivity (Wildman–Crippen MR) is 187 cm³/mol. The zero-order chi connectivity index (χ0) is 32.1. The van der Waals surface area contributed by atoms with E-state index in [1.54, 1.807) is 0 Å². The molecule has 0 aliphatic rings. The van der Waals surface area contributed by atoms with Gasteiger partial charge in [-0.3, -0.25) is 0 Å². The molecule has 4 nitrogen and oxygen atoms in total. The van der Waals surface area contributed by atoms with Crippen LogP contribution < -0.4 is 9.47 Å². The van der Waals surface area contributed by atoms with E-state index < -0.39 is 0 Å². The molecule has 0 radical (unpaired) electrons. The summed E-state index contributed by atoms with van der Waals surface area (Å²) < 4.78 is 12.6. The Labute approximate surface area is 275 Å². The predicted octanol–water partition coefficient (Wildman–Crippen LogP) is 8.44. The van der Waals surface area contributed by atoms with E-state index in [2.05, 4.69) is 60.1 Å². The second-order valence-corrected chi connectivity index (χ2v) is 11.4.